The van der Waals surface area contributed by atoms with E-state index in [9.17, 15) is 13.2 Å². The minimum absolute atomic E-state index is 0.353. The zero-order valence-corrected chi connectivity index (χ0v) is 8.86. The smallest absolute Gasteiger partial charge is 0.369 e. The number of hydrogen-bond donors (Lipinski definition) is 1. The quantitative estimate of drug-likeness (QED) is 0.617. The second kappa shape index (κ2) is 4.75. The minimum Gasteiger partial charge on any atom is -0.369 e. The maximum atomic E-state index is 12.3. The summed E-state index contributed by atoms with van der Waals surface area (Å²) in [5.41, 5.74) is -0.646. The van der Waals surface area contributed by atoms with E-state index in [4.69, 9.17) is 11.6 Å². The van der Waals surface area contributed by atoms with Gasteiger partial charge in [-0.3, -0.25) is 0 Å². The van der Waals surface area contributed by atoms with Gasteiger partial charge in [-0.25, -0.2) is 0 Å². The molecule has 0 saturated carbocycles. The highest BCUT2D eigenvalue weighted by Crippen LogP contribution is 2.30. The normalized spacial score (nSPS) is 13.7. The van der Waals surface area contributed by atoms with E-state index in [-0.39, 0.29) is 5.50 Å². The zero-order valence-electron chi connectivity index (χ0n) is 8.11. The van der Waals surface area contributed by atoms with Crippen molar-refractivity contribution in [2.24, 2.45) is 0 Å². The molecule has 0 bridgehead atoms. The molecule has 0 aliphatic rings. The van der Waals surface area contributed by atoms with Crippen LogP contribution in [-0.2, 0) is 6.18 Å². The molecule has 84 valence electrons. The second-order valence-corrected chi connectivity index (χ2v) is 3.63. The largest absolute Gasteiger partial charge is 0.416 e. The Hall–Kier alpha value is -0.900. The van der Waals surface area contributed by atoms with Gasteiger partial charge in [-0.15, -0.1) is 0 Å². The molecule has 0 fully saturated rings. The fourth-order valence-electron chi connectivity index (χ4n) is 1.07. The van der Waals surface area contributed by atoms with Crippen molar-refractivity contribution < 1.29 is 13.2 Å². The summed E-state index contributed by atoms with van der Waals surface area (Å²) in [5.74, 6) is 0. The summed E-state index contributed by atoms with van der Waals surface area (Å²) in [5, 5.41) is 2.77. The second-order valence-electron chi connectivity index (χ2n) is 3.10. The van der Waals surface area contributed by atoms with Gasteiger partial charge in [-0.05, 0) is 24.6 Å². The van der Waals surface area contributed by atoms with Gasteiger partial charge in [0.2, 0.25) is 0 Å². The Kier molecular flexibility index (Phi) is 3.85. The monoisotopic (exact) mass is 237 g/mol. The lowest BCUT2D eigenvalue weighted by Gasteiger charge is -2.13. The summed E-state index contributed by atoms with van der Waals surface area (Å²) in [6.07, 6.45) is -3.68. The van der Waals surface area contributed by atoms with Gasteiger partial charge in [0.15, 0.2) is 0 Å². The third kappa shape index (κ3) is 3.63. The van der Waals surface area contributed by atoms with E-state index < -0.39 is 11.7 Å². The van der Waals surface area contributed by atoms with E-state index in [1.54, 1.807) is 6.07 Å². The highest BCUT2D eigenvalue weighted by Gasteiger charge is 2.30. The number of rotatable bonds is 3. The molecular formula is C10H11ClF3N. The molecule has 1 rings (SSSR count). The van der Waals surface area contributed by atoms with Gasteiger partial charge in [0.25, 0.3) is 0 Å². The van der Waals surface area contributed by atoms with Gasteiger partial charge in [0.1, 0.15) is 5.50 Å². The number of benzene rings is 1. The van der Waals surface area contributed by atoms with E-state index in [1.165, 1.54) is 6.07 Å². The number of anilines is 1. The summed E-state index contributed by atoms with van der Waals surface area (Å²) >= 11 is 5.77. The van der Waals surface area contributed by atoms with E-state index >= 15 is 0 Å². The van der Waals surface area contributed by atoms with Crippen LogP contribution in [0.1, 0.15) is 18.9 Å². The Labute approximate surface area is 91.2 Å². The number of alkyl halides is 4. The fraction of sp³-hybridized carbons (Fsp3) is 0.400. The van der Waals surface area contributed by atoms with Crippen LogP contribution in [0.15, 0.2) is 24.3 Å². The van der Waals surface area contributed by atoms with Crippen molar-refractivity contribution in [3.63, 3.8) is 0 Å². The van der Waals surface area contributed by atoms with Crippen molar-refractivity contribution in [1.29, 1.82) is 0 Å². The van der Waals surface area contributed by atoms with Crippen molar-refractivity contribution in [2.45, 2.75) is 25.0 Å². The van der Waals surface area contributed by atoms with Crippen molar-refractivity contribution in [3.05, 3.63) is 29.8 Å². The molecule has 1 nitrogen and oxygen atoms in total. The van der Waals surface area contributed by atoms with Crippen molar-refractivity contribution >= 4 is 17.3 Å². The molecule has 15 heavy (non-hydrogen) atoms. The first-order valence-electron chi connectivity index (χ1n) is 4.51. The molecule has 1 atom stereocenters. The molecule has 0 radical (unpaired) electrons. The van der Waals surface area contributed by atoms with E-state index in [0.717, 1.165) is 12.1 Å². The van der Waals surface area contributed by atoms with Crippen LogP contribution >= 0.6 is 11.6 Å². The predicted octanol–water partition coefficient (Wildman–Crippen LogP) is 4.09. The van der Waals surface area contributed by atoms with Crippen LogP contribution in [-0.4, -0.2) is 5.50 Å². The highest BCUT2D eigenvalue weighted by atomic mass is 35.5. The third-order valence-electron chi connectivity index (χ3n) is 1.87. The molecular weight excluding hydrogens is 227 g/mol. The third-order valence-corrected chi connectivity index (χ3v) is 2.29. The summed E-state index contributed by atoms with van der Waals surface area (Å²) in [6.45, 7) is 1.85. The Morgan fingerprint density at radius 1 is 1.40 bits per heavy atom. The van der Waals surface area contributed by atoms with Gasteiger partial charge < -0.3 is 5.32 Å². The van der Waals surface area contributed by atoms with Crippen LogP contribution in [0.25, 0.3) is 0 Å². The van der Waals surface area contributed by atoms with E-state index in [1.807, 2.05) is 6.92 Å². The molecule has 1 N–H and O–H groups in total. The van der Waals surface area contributed by atoms with Crippen LogP contribution in [0.2, 0.25) is 0 Å². The highest BCUT2D eigenvalue weighted by molar-refractivity contribution is 6.21. The Morgan fingerprint density at radius 2 is 2.07 bits per heavy atom. The molecule has 1 aromatic carbocycles. The molecule has 0 aromatic heterocycles. The van der Waals surface area contributed by atoms with Gasteiger partial charge >= 0.3 is 6.18 Å². The van der Waals surface area contributed by atoms with Crippen LogP contribution in [0.4, 0.5) is 18.9 Å². The molecule has 0 amide bonds. The van der Waals surface area contributed by atoms with Gasteiger partial charge in [0.05, 0.1) is 5.56 Å². The van der Waals surface area contributed by atoms with Crippen LogP contribution in [0, 0.1) is 0 Å². The first-order chi connectivity index (χ1) is 6.93. The molecule has 5 heteroatoms. The van der Waals surface area contributed by atoms with Crippen molar-refractivity contribution in [3.8, 4) is 0 Å². The standard InChI is InChI=1S/C10H11ClF3N/c1-2-9(11)15-8-5-3-4-7(6-8)10(12,13)14/h3-6,9,15H,2H2,1H3. The first-order valence-corrected chi connectivity index (χ1v) is 4.95. The SMILES string of the molecule is CCC(Cl)Nc1cccc(C(F)(F)F)c1. The summed E-state index contributed by atoms with van der Waals surface area (Å²) < 4.78 is 37.0. The van der Waals surface area contributed by atoms with E-state index in [0.29, 0.717) is 12.1 Å². The lowest BCUT2D eigenvalue weighted by Crippen LogP contribution is -2.12. The van der Waals surface area contributed by atoms with Crippen LogP contribution in [0.3, 0.4) is 0 Å². The minimum atomic E-state index is -4.31. The average Bonchev–Trinajstić information content (AvgIpc) is 2.17. The average molecular weight is 238 g/mol. The molecule has 0 heterocycles. The lowest BCUT2D eigenvalue weighted by atomic mass is 10.2. The summed E-state index contributed by atoms with van der Waals surface area (Å²) in [4.78, 5) is 0. The van der Waals surface area contributed by atoms with Crippen LogP contribution < -0.4 is 5.32 Å². The van der Waals surface area contributed by atoms with Gasteiger partial charge in [-0.1, -0.05) is 24.6 Å². The summed E-state index contributed by atoms with van der Waals surface area (Å²) in [6, 6.07) is 4.98. The number of halogens is 4. The van der Waals surface area contributed by atoms with Crippen LogP contribution in [0.5, 0.6) is 0 Å². The zero-order chi connectivity index (χ0) is 11.5. The molecule has 1 unspecified atom stereocenters. The Morgan fingerprint density at radius 3 is 2.60 bits per heavy atom. The Balaban J connectivity index is 2.84. The molecule has 0 aliphatic heterocycles. The molecule has 1 aromatic rings. The maximum Gasteiger partial charge on any atom is 0.416 e. The molecule has 0 spiro atoms. The first kappa shape index (κ1) is 12.2. The topological polar surface area (TPSA) is 12.0 Å². The number of nitrogens with one attached hydrogen (secondary N) is 1. The molecule has 0 saturated heterocycles. The Bertz CT molecular complexity index is 325. The summed E-state index contributed by atoms with van der Waals surface area (Å²) in [7, 11) is 0. The fourth-order valence-corrected chi connectivity index (χ4v) is 1.19. The van der Waals surface area contributed by atoms with Gasteiger partial charge in [0, 0.05) is 5.69 Å². The lowest BCUT2D eigenvalue weighted by molar-refractivity contribution is -0.137. The predicted molar refractivity (Wildman–Crippen MR) is 55.0 cm³/mol. The van der Waals surface area contributed by atoms with Crippen molar-refractivity contribution in [1.82, 2.24) is 0 Å². The number of hydrogen-bond acceptors (Lipinski definition) is 1. The van der Waals surface area contributed by atoms with Gasteiger partial charge in [-0.2, -0.15) is 13.2 Å². The van der Waals surface area contributed by atoms with Crippen molar-refractivity contribution in [2.75, 3.05) is 5.32 Å². The van der Waals surface area contributed by atoms with E-state index in [2.05, 4.69) is 5.32 Å². The maximum absolute atomic E-state index is 12.3. The molecule has 0 aliphatic carbocycles.